The van der Waals surface area contributed by atoms with Crippen LogP contribution in [0.25, 0.3) is 0 Å². The number of rotatable bonds is 6. The van der Waals surface area contributed by atoms with Gasteiger partial charge in [0.2, 0.25) is 0 Å². The van der Waals surface area contributed by atoms with E-state index in [1.54, 1.807) is 18.6 Å². The van der Waals surface area contributed by atoms with Gasteiger partial charge in [-0.2, -0.15) is 0 Å². The molecule has 2 aromatic rings. The van der Waals surface area contributed by atoms with Crippen LogP contribution < -0.4 is 4.74 Å². The number of ether oxygens (including phenoxy) is 1. The molecule has 2 aliphatic rings. The largest absolute Gasteiger partial charge is 0.573 e. The first-order valence-electron chi connectivity index (χ1n) is 8.40. The summed E-state index contributed by atoms with van der Waals surface area (Å²) in [6, 6.07) is 8.16. The van der Waals surface area contributed by atoms with E-state index in [1.807, 2.05) is 18.6 Å². The molecular weight excluding hydrogens is 331 g/mol. The number of fused-ring (bicyclic) bond motifs is 1. The molecule has 0 amide bonds. The van der Waals surface area contributed by atoms with Crippen LogP contribution in [0.5, 0.6) is 5.75 Å². The molecule has 0 spiro atoms. The standard InChI is InChI=1S/C19H19F3NO2/c20-19(21,22)25-15-3-1-2-13(8-15)4-5-16-17-10-23(11-18(16)17)9-14-6-7-24-12-14/h1-4,6-8,12,16-18H,5,9-11H2. The molecule has 1 saturated heterocycles. The Morgan fingerprint density at radius 3 is 2.68 bits per heavy atom. The topological polar surface area (TPSA) is 25.6 Å². The number of hydrogen-bond acceptors (Lipinski definition) is 3. The molecule has 0 N–H and O–H groups in total. The second-order valence-corrected chi connectivity index (χ2v) is 6.88. The number of piperidine rings is 1. The molecule has 1 aliphatic carbocycles. The average molecular weight is 350 g/mol. The van der Waals surface area contributed by atoms with Crippen LogP contribution in [0.2, 0.25) is 0 Å². The minimum absolute atomic E-state index is 0.163. The summed E-state index contributed by atoms with van der Waals surface area (Å²) in [5, 5.41) is 0. The minimum Gasteiger partial charge on any atom is -0.472 e. The number of alkyl halides is 3. The van der Waals surface area contributed by atoms with Gasteiger partial charge in [-0.3, -0.25) is 4.90 Å². The highest BCUT2D eigenvalue weighted by Crippen LogP contribution is 2.54. The lowest BCUT2D eigenvalue weighted by atomic mass is 10.0. The number of nitrogens with zero attached hydrogens (tertiary/aromatic N) is 1. The van der Waals surface area contributed by atoms with Gasteiger partial charge in [-0.05, 0) is 54.4 Å². The Morgan fingerprint density at radius 2 is 2.00 bits per heavy atom. The first-order valence-corrected chi connectivity index (χ1v) is 8.40. The highest BCUT2D eigenvalue weighted by molar-refractivity contribution is 5.33. The maximum atomic E-state index is 12.3. The molecule has 2 fully saturated rings. The van der Waals surface area contributed by atoms with Gasteiger partial charge in [0.15, 0.2) is 0 Å². The predicted octanol–water partition coefficient (Wildman–Crippen LogP) is 4.50. The first kappa shape index (κ1) is 16.5. The average Bonchev–Trinajstić information content (AvgIpc) is 2.94. The van der Waals surface area contributed by atoms with Crippen molar-refractivity contribution >= 4 is 0 Å². The quantitative estimate of drug-likeness (QED) is 0.767. The molecule has 6 heteroatoms. The van der Waals surface area contributed by atoms with E-state index >= 15 is 0 Å². The van der Waals surface area contributed by atoms with E-state index in [0.29, 0.717) is 17.8 Å². The Bertz CT molecular complexity index is 702. The summed E-state index contributed by atoms with van der Waals surface area (Å²) in [5.74, 6) is 1.90. The fourth-order valence-corrected chi connectivity index (χ4v) is 3.97. The smallest absolute Gasteiger partial charge is 0.472 e. The van der Waals surface area contributed by atoms with Crippen molar-refractivity contribution in [2.24, 2.45) is 17.8 Å². The van der Waals surface area contributed by atoms with Gasteiger partial charge in [0.25, 0.3) is 0 Å². The summed E-state index contributed by atoms with van der Waals surface area (Å²) >= 11 is 0. The van der Waals surface area contributed by atoms with Crippen LogP contribution >= 0.6 is 0 Å². The van der Waals surface area contributed by atoms with E-state index in [2.05, 4.69) is 9.64 Å². The molecule has 1 saturated carbocycles. The van der Waals surface area contributed by atoms with Crippen LogP contribution in [0.3, 0.4) is 0 Å². The maximum Gasteiger partial charge on any atom is 0.573 e. The van der Waals surface area contributed by atoms with Crippen molar-refractivity contribution in [3.8, 4) is 5.75 Å². The summed E-state index contributed by atoms with van der Waals surface area (Å²) in [5.41, 5.74) is 1.98. The van der Waals surface area contributed by atoms with E-state index in [-0.39, 0.29) is 5.75 Å². The molecule has 1 aliphatic heterocycles. The summed E-state index contributed by atoms with van der Waals surface area (Å²) in [7, 11) is 0. The van der Waals surface area contributed by atoms with Gasteiger partial charge in [0, 0.05) is 25.2 Å². The van der Waals surface area contributed by atoms with Gasteiger partial charge in [-0.25, -0.2) is 0 Å². The highest BCUT2D eigenvalue weighted by Gasteiger charge is 2.54. The van der Waals surface area contributed by atoms with Gasteiger partial charge >= 0.3 is 6.36 Å². The van der Waals surface area contributed by atoms with Crippen LogP contribution in [0, 0.1) is 24.2 Å². The van der Waals surface area contributed by atoms with E-state index in [9.17, 15) is 13.2 Å². The lowest BCUT2D eigenvalue weighted by Crippen LogP contribution is -2.23. The Balaban J connectivity index is 1.24. The van der Waals surface area contributed by atoms with Crippen LogP contribution in [0.15, 0.2) is 47.3 Å². The molecule has 1 aromatic heterocycles. The Labute approximate surface area is 144 Å². The SMILES string of the molecule is FC(F)(F)Oc1cccc([CH]CC2C3CN(Cc4ccoc4)CC23)c1. The maximum absolute atomic E-state index is 12.3. The monoisotopic (exact) mass is 350 g/mol. The summed E-state index contributed by atoms with van der Waals surface area (Å²) in [4.78, 5) is 2.44. The van der Waals surface area contributed by atoms with E-state index in [4.69, 9.17) is 4.42 Å². The fourth-order valence-electron chi connectivity index (χ4n) is 3.97. The lowest BCUT2D eigenvalue weighted by molar-refractivity contribution is -0.274. The summed E-state index contributed by atoms with van der Waals surface area (Å²) in [6.07, 6.45) is 1.76. The minimum atomic E-state index is -4.65. The van der Waals surface area contributed by atoms with Gasteiger partial charge in [-0.15, -0.1) is 13.2 Å². The van der Waals surface area contributed by atoms with Crippen molar-refractivity contribution in [1.29, 1.82) is 0 Å². The van der Waals surface area contributed by atoms with Gasteiger partial charge < -0.3 is 9.15 Å². The highest BCUT2D eigenvalue weighted by atomic mass is 19.4. The second-order valence-electron chi connectivity index (χ2n) is 6.88. The molecule has 2 unspecified atom stereocenters. The van der Waals surface area contributed by atoms with Gasteiger partial charge in [0.05, 0.1) is 12.5 Å². The van der Waals surface area contributed by atoms with E-state index in [0.717, 1.165) is 31.6 Å². The van der Waals surface area contributed by atoms with Crippen molar-refractivity contribution < 1.29 is 22.3 Å². The van der Waals surface area contributed by atoms with Crippen LogP contribution in [-0.4, -0.2) is 24.4 Å². The Morgan fingerprint density at radius 1 is 1.20 bits per heavy atom. The molecule has 1 radical (unpaired) electrons. The van der Waals surface area contributed by atoms with Gasteiger partial charge in [0.1, 0.15) is 5.75 Å². The van der Waals surface area contributed by atoms with Gasteiger partial charge in [-0.1, -0.05) is 12.1 Å². The Kier molecular flexibility index (Phi) is 4.23. The lowest BCUT2D eigenvalue weighted by Gasteiger charge is -2.18. The first-order chi connectivity index (χ1) is 12.0. The molecule has 0 bridgehead atoms. The molecule has 4 rings (SSSR count). The number of furan rings is 1. The predicted molar refractivity (Wildman–Crippen MR) is 85.6 cm³/mol. The normalized spacial score (nSPS) is 25.8. The second kappa shape index (κ2) is 6.41. The van der Waals surface area contributed by atoms with E-state index < -0.39 is 6.36 Å². The van der Waals surface area contributed by atoms with E-state index in [1.165, 1.54) is 17.7 Å². The van der Waals surface area contributed by atoms with Crippen molar-refractivity contribution in [3.05, 3.63) is 60.4 Å². The van der Waals surface area contributed by atoms with Crippen LogP contribution in [0.4, 0.5) is 13.2 Å². The van der Waals surface area contributed by atoms with Crippen molar-refractivity contribution in [1.82, 2.24) is 4.90 Å². The van der Waals surface area contributed by atoms with Crippen molar-refractivity contribution in [2.45, 2.75) is 19.3 Å². The molecule has 3 nitrogen and oxygen atoms in total. The zero-order chi connectivity index (χ0) is 17.4. The molecular formula is C19H19F3NO2. The number of halogens is 3. The zero-order valence-electron chi connectivity index (χ0n) is 13.6. The third-order valence-electron chi connectivity index (χ3n) is 5.15. The van der Waals surface area contributed by atoms with Crippen molar-refractivity contribution in [2.75, 3.05) is 13.1 Å². The third-order valence-corrected chi connectivity index (χ3v) is 5.15. The van der Waals surface area contributed by atoms with Crippen molar-refractivity contribution in [3.63, 3.8) is 0 Å². The number of benzene rings is 1. The molecule has 2 heterocycles. The molecule has 2 atom stereocenters. The Hall–Kier alpha value is -1.95. The zero-order valence-corrected chi connectivity index (χ0v) is 13.6. The number of likely N-dealkylation sites (tertiary alicyclic amines) is 1. The molecule has 1 aromatic carbocycles. The molecule has 25 heavy (non-hydrogen) atoms. The third kappa shape index (κ3) is 4.00. The fraction of sp³-hybridized carbons (Fsp3) is 0.421. The van der Waals surface area contributed by atoms with Crippen LogP contribution in [-0.2, 0) is 6.54 Å². The number of hydrogen-bond donors (Lipinski definition) is 0. The molecule has 133 valence electrons. The summed E-state index contributed by atoms with van der Waals surface area (Å²) < 4.78 is 45.9. The summed E-state index contributed by atoms with van der Waals surface area (Å²) in [6.45, 7) is 3.11. The van der Waals surface area contributed by atoms with Crippen LogP contribution in [0.1, 0.15) is 17.5 Å².